The minimum Gasteiger partial charge on any atom is -0.462 e. The fraction of sp³-hybridized carbons (Fsp3) is 0.776. The molecule has 0 radical (unpaired) electrons. The van der Waals surface area contributed by atoms with Crippen LogP contribution in [0, 0.1) is 0 Å². The van der Waals surface area contributed by atoms with E-state index in [1.165, 1.54) is 225 Å². The second-order valence-corrected chi connectivity index (χ2v) is 23.8. The second kappa shape index (κ2) is 70.1. The predicted octanol–water partition coefficient (Wildman–Crippen LogP) is 24.6. The molecule has 0 aliphatic rings. The Bertz CT molecular complexity index is 1550. The number of hydrogen-bond acceptors (Lipinski definition) is 6. The summed E-state index contributed by atoms with van der Waals surface area (Å²) in [5.41, 5.74) is 0. The molecule has 0 aromatic carbocycles. The molecule has 0 aliphatic carbocycles. The summed E-state index contributed by atoms with van der Waals surface area (Å²) < 4.78 is 16.9. The fourth-order valence-electron chi connectivity index (χ4n) is 10.3. The standard InChI is InChI=1S/C76H134O6/c1-4-7-10-13-16-18-20-22-24-26-28-30-32-34-35-36-37-38-39-40-41-43-44-46-48-50-52-54-56-58-60-63-66-69-75(78)81-72-73(71-80-74(77)68-65-62-15-12-9-6-3)82-76(79)70-67-64-61-59-57-55-53-51-49-47-45-42-33-31-29-27-25-23-21-19-17-14-11-8-5-2/h7,10,16,18,21-24,27-30,33,42,73H,4-6,8-9,11-15,17,19-20,25-26,31-32,34-41,43-72H2,1-3H3/b10-7-,18-16-,23-21-,24-22-,29-27-,30-28-,42-33-. The van der Waals surface area contributed by atoms with E-state index in [1.807, 2.05) is 0 Å². The van der Waals surface area contributed by atoms with Gasteiger partial charge in [0, 0.05) is 19.3 Å². The first kappa shape index (κ1) is 78.6. The van der Waals surface area contributed by atoms with Gasteiger partial charge in [-0.05, 0) is 96.3 Å². The Hall–Kier alpha value is -3.41. The van der Waals surface area contributed by atoms with Gasteiger partial charge in [-0.1, -0.05) is 331 Å². The SMILES string of the molecule is CC/C=C\C/C=C\C/C=C\C/C=C\CCCCCCCCCCCCCCCCCCCCCCC(=O)OCC(COC(=O)CCCCCCCC)OC(=O)CCCCCCCCCCCC/C=C\C/C=C\C/C=C\CCCCCCC. The molecule has 474 valence electrons. The van der Waals surface area contributed by atoms with E-state index in [4.69, 9.17) is 14.2 Å². The van der Waals surface area contributed by atoms with Crippen molar-refractivity contribution in [2.24, 2.45) is 0 Å². The van der Waals surface area contributed by atoms with Crippen LogP contribution < -0.4 is 0 Å². The molecule has 0 amide bonds. The Labute approximate surface area is 509 Å². The summed E-state index contributed by atoms with van der Waals surface area (Å²) in [6.45, 7) is 6.50. The van der Waals surface area contributed by atoms with Gasteiger partial charge in [-0.2, -0.15) is 0 Å². The molecule has 0 heterocycles. The van der Waals surface area contributed by atoms with E-state index >= 15 is 0 Å². The lowest BCUT2D eigenvalue weighted by Gasteiger charge is -2.18. The summed E-state index contributed by atoms with van der Waals surface area (Å²) in [5.74, 6) is -0.869. The Morgan fingerprint density at radius 1 is 0.256 bits per heavy atom. The normalized spacial score (nSPS) is 12.6. The van der Waals surface area contributed by atoms with Gasteiger partial charge in [0.1, 0.15) is 13.2 Å². The van der Waals surface area contributed by atoms with Gasteiger partial charge in [0.05, 0.1) is 0 Å². The van der Waals surface area contributed by atoms with Crippen molar-refractivity contribution in [1.29, 1.82) is 0 Å². The monoisotopic (exact) mass is 1140 g/mol. The van der Waals surface area contributed by atoms with Gasteiger partial charge in [0.15, 0.2) is 6.10 Å². The lowest BCUT2D eigenvalue weighted by molar-refractivity contribution is -0.167. The smallest absolute Gasteiger partial charge is 0.306 e. The molecule has 0 rings (SSSR count). The highest BCUT2D eigenvalue weighted by Crippen LogP contribution is 2.18. The lowest BCUT2D eigenvalue weighted by Crippen LogP contribution is -2.30. The van der Waals surface area contributed by atoms with Crippen LogP contribution in [0.1, 0.15) is 361 Å². The van der Waals surface area contributed by atoms with Crippen molar-refractivity contribution < 1.29 is 28.6 Å². The average Bonchev–Trinajstić information content (AvgIpc) is 3.47. The van der Waals surface area contributed by atoms with E-state index in [0.29, 0.717) is 19.3 Å². The van der Waals surface area contributed by atoms with Gasteiger partial charge >= 0.3 is 17.9 Å². The van der Waals surface area contributed by atoms with Crippen molar-refractivity contribution in [2.75, 3.05) is 13.2 Å². The van der Waals surface area contributed by atoms with Crippen molar-refractivity contribution in [3.63, 3.8) is 0 Å². The summed E-state index contributed by atoms with van der Waals surface area (Å²) in [6.07, 6.45) is 93.7. The Morgan fingerprint density at radius 3 is 0.744 bits per heavy atom. The molecule has 0 aromatic heterocycles. The van der Waals surface area contributed by atoms with Gasteiger partial charge in [-0.3, -0.25) is 14.4 Å². The maximum atomic E-state index is 12.9. The fourth-order valence-corrected chi connectivity index (χ4v) is 10.3. The van der Waals surface area contributed by atoms with Crippen molar-refractivity contribution in [1.82, 2.24) is 0 Å². The molecule has 0 saturated heterocycles. The third-order valence-corrected chi connectivity index (χ3v) is 15.6. The van der Waals surface area contributed by atoms with Gasteiger partial charge in [-0.15, -0.1) is 0 Å². The van der Waals surface area contributed by atoms with Crippen molar-refractivity contribution in [2.45, 2.75) is 367 Å². The number of hydrogen-bond donors (Lipinski definition) is 0. The number of allylic oxidation sites excluding steroid dienone is 14. The number of carbonyl (C=O) groups is 3. The predicted molar refractivity (Wildman–Crippen MR) is 358 cm³/mol. The average molecular weight is 1140 g/mol. The Balaban J connectivity index is 3.99. The topological polar surface area (TPSA) is 78.9 Å². The maximum absolute atomic E-state index is 12.9. The first-order valence-electron chi connectivity index (χ1n) is 35.6. The molecule has 0 saturated carbocycles. The largest absolute Gasteiger partial charge is 0.462 e. The molecule has 6 heteroatoms. The Morgan fingerprint density at radius 2 is 0.476 bits per heavy atom. The first-order valence-corrected chi connectivity index (χ1v) is 35.6. The van der Waals surface area contributed by atoms with E-state index in [-0.39, 0.29) is 31.1 Å². The van der Waals surface area contributed by atoms with E-state index in [9.17, 15) is 14.4 Å². The van der Waals surface area contributed by atoms with Gasteiger partial charge in [0.2, 0.25) is 0 Å². The zero-order valence-corrected chi connectivity index (χ0v) is 54.5. The van der Waals surface area contributed by atoms with Crippen LogP contribution in [0.5, 0.6) is 0 Å². The van der Waals surface area contributed by atoms with Crippen molar-refractivity contribution in [3.05, 3.63) is 85.1 Å². The molecule has 0 aliphatic heterocycles. The number of ether oxygens (including phenoxy) is 3. The summed E-state index contributed by atoms with van der Waals surface area (Å²) in [6, 6.07) is 0. The van der Waals surface area contributed by atoms with E-state index in [1.54, 1.807) is 0 Å². The summed E-state index contributed by atoms with van der Waals surface area (Å²) >= 11 is 0. The maximum Gasteiger partial charge on any atom is 0.306 e. The Kier molecular flexibility index (Phi) is 67.2. The molecule has 0 bridgehead atoms. The van der Waals surface area contributed by atoms with E-state index < -0.39 is 6.10 Å². The van der Waals surface area contributed by atoms with Crippen LogP contribution >= 0.6 is 0 Å². The summed E-state index contributed by atoms with van der Waals surface area (Å²) in [5, 5.41) is 0. The van der Waals surface area contributed by atoms with Crippen LogP contribution in [0.15, 0.2) is 85.1 Å². The third kappa shape index (κ3) is 67.4. The van der Waals surface area contributed by atoms with Gasteiger partial charge in [0.25, 0.3) is 0 Å². The van der Waals surface area contributed by atoms with Crippen LogP contribution in [-0.4, -0.2) is 37.2 Å². The van der Waals surface area contributed by atoms with Crippen LogP contribution in [-0.2, 0) is 28.6 Å². The zero-order valence-electron chi connectivity index (χ0n) is 54.5. The highest BCUT2D eigenvalue weighted by atomic mass is 16.6. The van der Waals surface area contributed by atoms with E-state index in [2.05, 4.69) is 106 Å². The third-order valence-electron chi connectivity index (χ3n) is 15.6. The van der Waals surface area contributed by atoms with Crippen LogP contribution in [0.2, 0.25) is 0 Å². The number of esters is 3. The highest BCUT2D eigenvalue weighted by molar-refractivity contribution is 5.71. The number of rotatable bonds is 65. The zero-order chi connectivity index (χ0) is 59.2. The summed E-state index contributed by atoms with van der Waals surface area (Å²) in [7, 11) is 0. The first-order chi connectivity index (χ1) is 40.5. The molecular formula is C76H134O6. The summed E-state index contributed by atoms with van der Waals surface area (Å²) in [4.78, 5) is 38.1. The second-order valence-electron chi connectivity index (χ2n) is 23.8. The molecule has 6 nitrogen and oxygen atoms in total. The molecule has 0 aromatic rings. The molecule has 0 N–H and O–H groups in total. The highest BCUT2D eigenvalue weighted by Gasteiger charge is 2.19. The molecule has 1 atom stereocenters. The van der Waals surface area contributed by atoms with Crippen molar-refractivity contribution >= 4 is 17.9 Å². The van der Waals surface area contributed by atoms with Gasteiger partial charge in [-0.25, -0.2) is 0 Å². The van der Waals surface area contributed by atoms with Crippen LogP contribution in [0.25, 0.3) is 0 Å². The number of unbranched alkanes of at least 4 members (excludes halogenated alkanes) is 40. The van der Waals surface area contributed by atoms with Crippen molar-refractivity contribution in [3.8, 4) is 0 Å². The molecule has 0 fully saturated rings. The minimum atomic E-state index is -0.774. The van der Waals surface area contributed by atoms with E-state index in [0.717, 1.165) is 96.3 Å². The molecular weight excluding hydrogens is 1010 g/mol. The molecule has 0 spiro atoms. The minimum absolute atomic E-state index is 0.0733. The van der Waals surface area contributed by atoms with Crippen LogP contribution in [0.4, 0.5) is 0 Å². The van der Waals surface area contributed by atoms with Crippen LogP contribution in [0.3, 0.4) is 0 Å². The van der Waals surface area contributed by atoms with Gasteiger partial charge < -0.3 is 14.2 Å². The molecule has 82 heavy (non-hydrogen) atoms. The lowest BCUT2D eigenvalue weighted by atomic mass is 10.0. The number of carbonyl (C=O) groups excluding carboxylic acids is 3. The molecule has 1 unspecified atom stereocenters. The quantitative estimate of drug-likeness (QED) is 0.0261.